The molecular weight excluding hydrogens is 326 g/mol. The number of benzene rings is 2. The number of carbonyl (C=O) groups excluding carboxylic acids is 2. The number of hydrogen-bond donors (Lipinski definition) is 1. The molecule has 0 aliphatic carbocycles. The van der Waals surface area contributed by atoms with E-state index < -0.39 is 0 Å². The minimum atomic E-state index is -0.352. The van der Waals surface area contributed by atoms with Gasteiger partial charge in [-0.3, -0.25) is 4.79 Å². The van der Waals surface area contributed by atoms with E-state index in [-0.39, 0.29) is 11.9 Å². The average Bonchev–Trinajstić information content (AvgIpc) is 2.65. The summed E-state index contributed by atoms with van der Waals surface area (Å²) in [7, 11) is 0. The Bertz CT molecular complexity index is 759. The summed E-state index contributed by atoms with van der Waals surface area (Å²) in [6, 6.07) is 14.8. The van der Waals surface area contributed by atoms with Crippen LogP contribution in [0, 0.1) is 0 Å². The van der Waals surface area contributed by atoms with Crippen molar-refractivity contribution in [1.82, 2.24) is 0 Å². The van der Waals surface area contributed by atoms with Crippen molar-refractivity contribution in [3.63, 3.8) is 0 Å². The van der Waals surface area contributed by atoms with E-state index in [4.69, 9.17) is 4.74 Å². The molecule has 2 rings (SSSR count). The Labute approximate surface area is 154 Å². The van der Waals surface area contributed by atoms with Gasteiger partial charge in [0.25, 0.3) is 0 Å². The van der Waals surface area contributed by atoms with Crippen molar-refractivity contribution >= 4 is 23.6 Å². The van der Waals surface area contributed by atoms with Gasteiger partial charge in [-0.15, -0.1) is 0 Å². The van der Waals surface area contributed by atoms with Crippen molar-refractivity contribution in [2.45, 2.75) is 33.1 Å². The van der Waals surface area contributed by atoms with E-state index >= 15 is 0 Å². The molecule has 0 spiro atoms. The highest BCUT2D eigenvalue weighted by molar-refractivity contribution is 6.02. The molecule has 4 heteroatoms. The first-order chi connectivity index (χ1) is 12.5. The fourth-order valence-corrected chi connectivity index (χ4v) is 2.32. The van der Waals surface area contributed by atoms with Crippen molar-refractivity contribution in [3.05, 3.63) is 71.3 Å². The van der Waals surface area contributed by atoms with Crippen LogP contribution in [0.2, 0.25) is 0 Å². The van der Waals surface area contributed by atoms with Crippen molar-refractivity contribution in [2.75, 3.05) is 11.9 Å². The first kappa shape index (κ1) is 19.4. The van der Waals surface area contributed by atoms with Crippen LogP contribution in [-0.4, -0.2) is 18.5 Å². The molecule has 136 valence electrons. The van der Waals surface area contributed by atoms with E-state index in [0.29, 0.717) is 23.8 Å². The van der Waals surface area contributed by atoms with Gasteiger partial charge in [0, 0.05) is 11.8 Å². The van der Waals surface area contributed by atoms with Gasteiger partial charge in [-0.05, 0) is 53.8 Å². The number of anilines is 1. The third kappa shape index (κ3) is 5.88. The Morgan fingerprint density at radius 2 is 1.69 bits per heavy atom. The minimum Gasteiger partial charge on any atom is -0.462 e. The highest BCUT2D eigenvalue weighted by Gasteiger charge is 2.06. The van der Waals surface area contributed by atoms with Gasteiger partial charge < -0.3 is 10.1 Å². The molecule has 0 aromatic heterocycles. The van der Waals surface area contributed by atoms with Crippen LogP contribution in [0.4, 0.5) is 5.69 Å². The van der Waals surface area contributed by atoms with Gasteiger partial charge in [-0.1, -0.05) is 45.0 Å². The van der Waals surface area contributed by atoms with Gasteiger partial charge in [0.15, 0.2) is 0 Å². The van der Waals surface area contributed by atoms with E-state index in [0.717, 1.165) is 12.0 Å². The van der Waals surface area contributed by atoms with Gasteiger partial charge in [0.05, 0.1) is 12.2 Å². The summed E-state index contributed by atoms with van der Waals surface area (Å²) in [6.07, 6.45) is 4.05. The predicted octanol–water partition coefficient (Wildman–Crippen LogP) is 5.03. The minimum absolute atomic E-state index is 0.223. The molecule has 1 N–H and O–H groups in total. The van der Waals surface area contributed by atoms with E-state index in [9.17, 15) is 9.59 Å². The Morgan fingerprint density at radius 3 is 2.27 bits per heavy atom. The zero-order chi connectivity index (χ0) is 18.9. The first-order valence-corrected chi connectivity index (χ1v) is 8.85. The molecule has 26 heavy (non-hydrogen) atoms. The summed E-state index contributed by atoms with van der Waals surface area (Å²) >= 11 is 0. The smallest absolute Gasteiger partial charge is 0.338 e. The maximum atomic E-state index is 12.0. The number of hydrogen-bond acceptors (Lipinski definition) is 3. The molecule has 1 amide bonds. The third-order valence-electron chi connectivity index (χ3n) is 3.86. The van der Waals surface area contributed by atoms with E-state index in [1.807, 2.05) is 19.1 Å². The highest BCUT2D eigenvalue weighted by atomic mass is 16.5. The van der Waals surface area contributed by atoms with Gasteiger partial charge in [0.2, 0.25) is 5.91 Å². The Balaban J connectivity index is 1.91. The van der Waals surface area contributed by atoms with Gasteiger partial charge >= 0.3 is 5.97 Å². The Kier molecular flexibility index (Phi) is 7.15. The number of rotatable bonds is 7. The lowest BCUT2D eigenvalue weighted by Crippen LogP contribution is -2.09. The van der Waals surface area contributed by atoms with Crippen LogP contribution >= 0.6 is 0 Å². The van der Waals surface area contributed by atoms with Crippen molar-refractivity contribution < 1.29 is 14.3 Å². The summed E-state index contributed by atoms with van der Waals surface area (Å²) in [4.78, 5) is 23.8. The average molecular weight is 351 g/mol. The molecule has 4 nitrogen and oxygen atoms in total. The number of carbonyl (C=O) groups is 2. The van der Waals surface area contributed by atoms with Crippen LogP contribution in [0.15, 0.2) is 54.6 Å². The monoisotopic (exact) mass is 351 g/mol. The fraction of sp³-hybridized carbons (Fsp3) is 0.273. The second-order valence-corrected chi connectivity index (χ2v) is 6.36. The van der Waals surface area contributed by atoms with Crippen LogP contribution in [0.25, 0.3) is 6.08 Å². The maximum Gasteiger partial charge on any atom is 0.338 e. The SMILES string of the molecule is CCCOC(=O)c1ccc(NC(=O)C=Cc2ccc(C(C)C)cc2)cc1. The lowest BCUT2D eigenvalue weighted by Gasteiger charge is -2.06. The van der Waals surface area contributed by atoms with Crippen molar-refractivity contribution in [2.24, 2.45) is 0 Å². The largest absolute Gasteiger partial charge is 0.462 e. The van der Waals surface area contributed by atoms with Crippen LogP contribution < -0.4 is 5.32 Å². The Morgan fingerprint density at radius 1 is 1.04 bits per heavy atom. The standard InChI is InChI=1S/C22H25NO3/c1-4-15-26-22(25)19-10-12-20(13-11-19)23-21(24)14-7-17-5-8-18(9-6-17)16(2)3/h5-14,16H,4,15H2,1-3H3,(H,23,24). The summed E-state index contributed by atoms with van der Waals surface area (Å²) in [5, 5.41) is 2.77. The molecule has 0 atom stereocenters. The topological polar surface area (TPSA) is 55.4 Å². The van der Waals surface area contributed by atoms with Gasteiger partial charge in [0.1, 0.15) is 0 Å². The van der Waals surface area contributed by atoms with Crippen LogP contribution in [-0.2, 0) is 9.53 Å². The summed E-state index contributed by atoms with van der Waals surface area (Å²) in [5.41, 5.74) is 3.34. The summed E-state index contributed by atoms with van der Waals surface area (Å²) in [6.45, 7) is 6.64. The normalized spacial score (nSPS) is 10.9. The Hall–Kier alpha value is -2.88. The van der Waals surface area contributed by atoms with E-state index in [1.165, 1.54) is 11.6 Å². The second-order valence-electron chi connectivity index (χ2n) is 6.36. The zero-order valence-electron chi connectivity index (χ0n) is 15.5. The molecular formula is C22H25NO3. The number of esters is 1. The van der Waals surface area contributed by atoms with E-state index in [2.05, 4.69) is 31.3 Å². The molecule has 0 unspecified atom stereocenters. The molecule has 0 aliphatic heterocycles. The highest BCUT2D eigenvalue weighted by Crippen LogP contribution is 2.15. The summed E-state index contributed by atoms with van der Waals surface area (Å²) in [5.74, 6) is -0.0905. The predicted molar refractivity (Wildman–Crippen MR) is 105 cm³/mol. The molecule has 0 radical (unpaired) electrons. The molecule has 0 fully saturated rings. The molecule has 2 aromatic carbocycles. The molecule has 0 heterocycles. The van der Waals surface area contributed by atoms with Crippen molar-refractivity contribution in [3.8, 4) is 0 Å². The molecule has 2 aromatic rings. The maximum absolute atomic E-state index is 12.0. The molecule has 0 bridgehead atoms. The fourth-order valence-electron chi connectivity index (χ4n) is 2.32. The lowest BCUT2D eigenvalue weighted by atomic mass is 10.0. The molecule has 0 saturated carbocycles. The quantitative estimate of drug-likeness (QED) is 0.562. The first-order valence-electron chi connectivity index (χ1n) is 8.85. The molecule has 0 aliphatic rings. The lowest BCUT2D eigenvalue weighted by molar-refractivity contribution is -0.111. The van der Waals surface area contributed by atoms with Gasteiger partial charge in [-0.25, -0.2) is 4.79 Å². The zero-order valence-corrected chi connectivity index (χ0v) is 15.5. The molecule has 0 saturated heterocycles. The number of ether oxygens (including phenoxy) is 1. The number of amides is 1. The van der Waals surface area contributed by atoms with Crippen LogP contribution in [0.3, 0.4) is 0 Å². The van der Waals surface area contributed by atoms with Crippen LogP contribution in [0.1, 0.15) is 54.6 Å². The van der Waals surface area contributed by atoms with Crippen molar-refractivity contribution in [1.29, 1.82) is 0 Å². The number of nitrogens with one attached hydrogen (secondary N) is 1. The van der Waals surface area contributed by atoms with E-state index in [1.54, 1.807) is 30.3 Å². The van der Waals surface area contributed by atoms with Gasteiger partial charge in [-0.2, -0.15) is 0 Å². The third-order valence-corrected chi connectivity index (χ3v) is 3.86. The second kappa shape index (κ2) is 9.56. The summed E-state index contributed by atoms with van der Waals surface area (Å²) < 4.78 is 5.07. The van der Waals surface area contributed by atoms with Crippen LogP contribution in [0.5, 0.6) is 0 Å².